The van der Waals surface area contributed by atoms with E-state index >= 15 is 0 Å². The van der Waals surface area contributed by atoms with Crippen LogP contribution in [0.25, 0.3) is 10.2 Å². The molecule has 0 aliphatic carbocycles. The van der Waals surface area contributed by atoms with Gasteiger partial charge in [0, 0.05) is 38.8 Å². The SMILES string of the molecule is COCCN1C2CCC1CC(N(C)c1nc(N)c3ccsc3n1)C2. The van der Waals surface area contributed by atoms with Crippen molar-refractivity contribution in [3.8, 4) is 0 Å². The van der Waals surface area contributed by atoms with Crippen LogP contribution in [0.2, 0.25) is 0 Å². The van der Waals surface area contributed by atoms with Crippen LogP contribution in [0.15, 0.2) is 11.4 Å². The van der Waals surface area contributed by atoms with Crippen LogP contribution in [-0.2, 0) is 4.74 Å². The van der Waals surface area contributed by atoms with E-state index in [-0.39, 0.29) is 0 Å². The number of nitrogen functional groups attached to an aromatic ring is 1. The van der Waals surface area contributed by atoms with Crippen LogP contribution in [0.5, 0.6) is 0 Å². The number of hydrogen-bond acceptors (Lipinski definition) is 7. The lowest BCUT2D eigenvalue weighted by molar-refractivity contribution is 0.0829. The van der Waals surface area contributed by atoms with Gasteiger partial charge < -0.3 is 15.4 Å². The number of nitrogens with zero attached hydrogens (tertiary/aromatic N) is 4. The van der Waals surface area contributed by atoms with Crippen molar-refractivity contribution in [2.75, 3.05) is 37.9 Å². The largest absolute Gasteiger partial charge is 0.383 e. The Hall–Kier alpha value is -1.44. The third kappa shape index (κ3) is 2.74. The van der Waals surface area contributed by atoms with Crippen molar-refractivity contribution in [1.82, 2.24) is 14.9 Å². The van der Waals surface area contributed by atoms with Crippen molar-refractivity contribution in [3.05, 3.63) is 11.4 Å². The van der Waals surface area contributed by atoms with Gasteiger partial charge >= 0.3 is 0 Å². The highest BCUT2D eigenvalue weighted by Crippen LogP contribution is 2.38. The standard InChI is InChI=1S/C17H25N5OS/c1-21(17-19-15(18)14-5-8-24-16(14)20-17)13-9-11-3-4-12(10-13)22(11)6-7-23-2/h5,8,11-13H,3-4,6-7,9-10H2,1-2H3,(H2,18,19,20). The summed E-state index contributed by atoms with van der Waals surface area (Å²) in [5.41, 5.74) is 6.12. The summed E-state index contributed by atoms with van der Waals surface area (Å²) in [4.78, 5) is 15.1. The highest BCUT2D eigenvalue weighted by molar-refractivity contribution is 7.16. The summed E-state index contributed by atoms with van der Waals surface area (Å²) in [5, 5.41) is 2.99. The van der Waals surface area contributed by atoms with Crippen LogP contribution >= 0.6 is 11.3 Å². The third-order valence-corrected chi connectivity index (χ3v) is 6.43. The first-order valence-electron chi connectivity index (χ1n) is 8.65. The number of ether oxygens (including phenoxy) is 1. The molecule has 2 saturated heterocycles. The molecule has 2 N–H and O–H groups in total. The fourth-order valence-electron chi connectivity index (χ4n) is 4.31. The van der Waals surface area contributed by atoms with Gasteiger partial charge in [-0.15, -0.1) is 11.3 Å². The van der Waals surface area contributed by atoms with Gasteiger partial charge in [0.05, 0.1) is 12.0 Å². The van der Waals surface area contributed by atoms with E-state index in [1.54, 1.807) is 18.4 Å². The molecule has 6 nitrogen and oxygen atoms in total. The van der Waals surface area contributed by atoms with Crippen molar-refractivity contribution in [1.29, 1.82) is 0 Å². The van der Waals surface area contributed by atoms with Crippen molar-refractivity contribution in [2.45, 2.75) is 43.8 Å². The molecule has 7 heteroatoms. The number of nitrogens with two attached hydrogens (primary N) is 1. The molecule has 2 unspecified atom stereocenters. The van der Waals surface area contributed by atoms with Gasteiger partial charge in [0.15, 0.2) is 0 Å². The number of aromatic nitrogens is 2. The average molecular weight is 347 g/mol. The normalized spacial score (nSPS) is 27.0. The minimum absolute atomic E-state index is 0.484. The zero-order valence-electron chi connectivity index (χ0n) is 14.3. The Morgan fingerprint density at radius 3 is 2.79 bits per heavy atom. The van der Waals surface area contributed by atoms with Gasteiger partial charge in [-0.3, -0.25) is 4.90 Å². The van der Waals surface area contributed by atoms with Gasteiger partial charge in [0.25, 0.3) is 0 Å². The number of methoxy groups -OCH3 is 1. The Morgan fingerprint density at radius 2 is 2.08 bits per heavy atom. The maximum atomic E-state index is 6.12. The molecule has 2 aliphatic heterocycles. The first-order valence-corrected chi connectivity index (χ1v) is 9.53. The first-order chi connectivity index (χ1) is 11.7. The van der Waals surface area contributed by atoms with E-state index in [0.717, 1.165) is 29.3 Å². The van der Waals surface area contributed by atoms with Crippen molar-refractivity contribution in [2.24, 2.45) is 0 Å². The van der Waals surface area contributed by atoms with Crippen molar-refractivity contribution >= 4 is 33.3 Å². The van der Waals surface area contributed by atoms with Crippen LogP contribution < -0.4 is 10.6 Å². The van der Waals surface area contributed by atoms with Crippen LogP contribution in [0.4, 0.5) is 11.8 Å². The molecule has 0 saturated carbocycles. The van der Waals surface area contributed by atoms with Gasteiger partial charge in [-0.2, -0.15) is 4.98 Å². The average Bonchev–Trinajstić information content (AvgIpc) is 3.14. The zero-order valence-corrected chi connectivity index (χ0v) is 15.1. The maximum absolute atomic E-state index is 6.12. The molecule has 130 valence electrons. The summed E-state index contributed by atoms with van der Waals surface area (Å²) in [6, 6.07) is 3.80. The highest BCUT2D eigenvalue weighted by atomic mass is 32.1. The predicted molar refractivity (Wildman–Crippen MR) is 98.6 cm³/mol. The fourth-order valence-corrected chi connectivity index (χ4v) is 5.08. The molecule has 2 fully saturated rings. The van der Waals surface area contributed by atoms with E-state index in [4.69, 9.17) is 15.5 Å². The Labute approximate surface area is 146 Å². The predicted octanol–water partition coefficient (Wildman–Crippen LogP) is 2.35. The molecule has 4 rings (SSSR count). The summed E-state index contributed by atoms with van der Waals surface area (Å²) in [5.74, 6) is 1.35. The summed E-state index contributed by atoms with van der Waals surface area (Å²) >= 11 is 1.62. The molecule has 2 aliphatic rings. The first kappa shape index (κ1) is 16.1. The number of hydrogen-bond donors (Lipinski definition) is 1. The van der Waals surface area contributed by atoms with E-state index in [0.29, 0.717) is 23.9 Å². The third-order valence-electron chi connectivity index (χ3n) is 5.62. The van der Waals surface area contributed by atoms with E-state index < -0.39 is 0 Å². The van der Waals surface area contributed by atoms with Gasteiger partial charge in [-0.1, -0.05) is 0 Å². The molecule has 0 radical (unpaired) electrons. The Balaban J connectivity index is 1.52. The van der Waals surface area contributed by atoms with Crippen LogP contribution in [-0.4, -0.2) is 60.3 Å². The second kappa shape index (κ2) is 6.46. The molecular weight excluding hydrogens is 322 g/mol. The lowest BCUT2D eigenvalue weighted by atomic mass is 9.96. The minimum atomic E-state index is 0.484. The Bertz CT molecular complexity index is 706. The molecule has 2 aromatic rings. The Morgan fingerprint density at radius 1 is 1.33 bits per heavy atom. The monoisotopic (exact) mass is 347 g/mol. The van der Waals surface area contributed by atoms with E-state index in [2.05, 4.69) is 21.8 Å². The number of rotatable bonds is 5. The number of anilines is 2. The van der Waals surface area contributed by atoms with E-state index in [1.807, 2.05) is 11.4 Å². The summed E-state index contributed by atoms with van der Waals surface area (Å²) in [6.45, 7) is 1.87. The topological polar surface area (TPSA) is 67.5 Å². The fraction of sp³-hybridized carbons (Fsp3) is 0.647. The molecule has 0 aromatic carbocycles. The molecule has 0 amide bonds. The van der Waals surface area contributed by atoms with Crippen molar-refractivity contribution < 1.29 is 4.74 Å². The summed E-state index contributed by atoms with van der Waals surface area (Å²) in [6.07, 6.45) is 4.93. The molecule has 0 spiro atoms. The molecule has 4 heterocycles. The van der Waals surface area contributed by atoms with E-state index in [9.17, 15) is 0 Å². The Kier molecular flexibility index (Phi) is 4.32. The number of thiophene rings is 1. The van der Waals surface area contributed by atoms with Gasteiger partial charge in [0.1, 0.15) is 10.6 Å². The zero-order chi connectivity index (χ0) is 16.7. The van der Waals surface area contributed by atoms with Crippen LogP contribution in [0.3, 0.4) is 0 Å². The molecular formula is C17H25N5OS. The summed E-state index contributed by atoms with van der Waals surface area (Å²) < 4.78 is 5.27. The quantitative estimate of drug-likeness (QED) is 0.895. The lowest BCUT2D eigenvalue weighted by Gasteiger charge is -2.42. The van der Waals surface area contributed by atoms with E-state index in [1.165, 1.54) is 25.7 Å². The smallest absolute Gasteiger partial charge is 0.228 e. The minimum Gasteiger partial charge on any atom is -0.383 e. The number of piperidine rings is 1. The van der Waals surface area contributed by atoms with Gasteiger partial charge in [-0.05, 0) is 37.1 Å². The lowest BCUT2D eigenvalue weighted by Crippen LogP contribution is -2.50. The second-order valence-electron chi connectivity index (χ2n) is 6.90. The number of fused-ring (bicyclic) bond motifs is 3. The van der Waals surface area contributed by atoms with Gasteiger partial charge in [0.2, 0.25) is 5.95 Å². The molecule has 2 aromatic heterocycles. The molecule has 2 atom stereocenters. The summed E-state index contributed by atoms with van der Waals surface area (Å²) in [7, 11) is 3.90. The molecule has 24 heavy (non-hydrogen) atoms. The highest BCUT2D eigenvalue weighted by Gasteiger charge is 2.41. The van der Waals surface area contributed by atoms with Crippen molar-refractivity contribution in [3.63, 3.8) is 0 Å². The van der Waals surface area contributed by atoms with Crippen LogP contribution in [0.1, 0.15) is 25.7 Å². The second-order valence-corrected chi connectivity index (χ2v) is 7.79. The maximum Gasteiger partial charge on any atom is 0.228 e. The molecule has 2 bridgehead atoms. The van der Waals surface area contributed by atoms with Gasteiger partial charge in [-0.25, -0.2) is 4.98 Å². The van der Waals surface area contributed by atoms with Crippen LogP contribution in [0, 0.1) is 0 Å².